The Morgan fingerprint density at radius 3 is 2.72 bits per heavy atom. The van der Waals surface area contributed by atoms with Gasteiger partial charge in [0.15, 0.2) is 0 Å². The highest BCUT2D eigenvalue weighted by Gasteiger charge is 2.12. The van der Waals surface area contributed by atoms with Crippen LogP contribution >= 0.6 is 15.9 Å². The largest absolute Gasteiger partial charge is 0.496 e. The fourth-order valence-corrected chi connectivity index (χ4v) is 3.74. The number of methoxy groups -OCH3 is 1. The summed E-state index contributed by atoms with van der Waals surface area (Å²) in [5.41, 5.74) is 5.24. The molecule has 0 atom stereocenters. The van der Waals surface area contributed by atoms with E-state index in [1.807, 2.05) is 49.3 Å². The number of ether oxygens (including phenoxy) is 1. The number of benzene rings is 2. The third-order valence-electron chi connectivity index (χ3n) is 5.07. The van der Waals surface area contributed by atoms with Gasteiger partial charge in [0, 0.05) is 25.5 Å². The Hall–Kier alpha value is -2.78. The Kier molecular flexibility index (Phi) is 6.95. The van der Waals surface area contributed by atoms with E-state index < -0.39 is 0 Å². The average molecular weight is 453 g/mol. The van der Waals surface area contributed by atoms with Crippen LogP contribution in [0.2, 0.25) is 0 Å². The molecule has 6 heteroatoms. The highest BCUT2D eigenvalue weighted by atomic mass is 79.9. The summed E-state index contributed by atoms with van der Waals surface area (Å²) in [5.74, 6) is 0.858. The monoisotopic (exact) mass is 452 g/mol. The molecule has 0 amide bonds. The van der Waals surface area contributed by atoms with Gasteiger partial charge in [-0.1, -0.05) is 6.07 Å². The van der Waals surface area contributed by atoms with Crippen molar-refractivity contribution < 1.29 is 4.74 Å². The van der Waals surface area contributed by atoms with E-state index in [-0.39, 0.29) is 0 Å². The zero-order chi connectivity index (χ0) is 20.8. The lowest BCUT2D eigenvalue weighted by molar-refractivity contribution is 0.411. The van der Waals surface area contributed by atoms with Crippen LogP contribution in [0.25, 0.3) is 0 Å². The van der Waals surface area contributed by atoms with Crippen molar-refractivity contribution in [1.82, 2.24) is 9.55 Å². The molecule has 0 unspecified atom stereocenters. The second-order valence-corrected chi connectivity index (χ2v) is 7.96. The van der Waals surface area contributed by atoms with E-state index in [0.717, 1.165) is 58.7 Å². The van der Waals surface area contributed by atoms with Crippen LogP contribution in [-0.2, 0) is 20.0 Å². The van der Waals surface area contributed by atoms with Crippen molar-refractivity contribution in [3.63, 3.8) is 0 Å². The van der Waals surface area contributed by atoms with E-state index in [4.69, 9.17) is 4.74 Å². The molecule has 29 heavy (non-hydrogen) atoms. The van der Waals surface area contributed by atoms with Crippen molar-refractivity contribution in [2.45, 2.75) is 26.3 Å². The van der Waals surface area contributed by atoms with Crippen LogP contribution in [0.3, 0.4) is 0 Å². The predicted molar refractivity (Wildman–Crippen MR) is 119 cm³/mol. The summed E-state index contributed by atoms with van der Waals surface area (Å²) in [4.78, 5) is 6.59. The number of anilines is 1. The number of rotatable bonds is 8. The van der Waals surface area contributed by atoms with Gasteiger partial charge in [-0.2, -0.15) is 5.26 Å². The summed E-state index contributed by atoms with van der Waals surface area (Å²) in [6.45, 7) is 3.65. The SMILES string of the molecule is COc1cc(CCCN(Cc2cncn2C)c2ccc(C#N)c(C)c2)ccc1Br. The first kappa shape index (κ1) is 20.9. The molecule has 0 saturated heterocycles. The molecule has 0 N–H and O–H groups in total. The highest BCUT2D eigenvalue weighted by molar-refractivity contribution is 9.10. The third-order valence-corrected chi connectivity index (χ3v) is 5.73. The first-order valence-corrected chi connectivity index (χ1v) is 10.3. The molecule has 0 aliphatic rings. The summed E-state index contributed by atoms with van der Waals surface area (Å²) in [6, 6.07) is 14.5. The maximum Gasteiger partial charge on any atom is 0.133 e. The van der Waals surface area contributed by atoms with Crippen molar-refractivity contribution in [3.05, 3.63) is 75.8 Å². The summed E-state index contributed by atoms with van der Waals surface area (Å²) in [7, 11) is 3.70. The van der Waals surface area contributed by atoms with E-state index >= 15 is 0 Å². The molecular formula is C23H25BrN4O. The smallest absolute Gasteiger partial charge is 0.133 e. The molecule has 1 aromatic heterocycles. The van der Waals surface area contributed by atoms with E-state index in [0.29, 0.717) is 0 Å². The minimum Gasteiger partial charge on any atom is -0.496 e. The summed E-state index contributed by atoms with van der Waals surface area (Å²) >= 11 is 3.51. The second kappa shape index (κ2) is 9.62. The molecule has 5 nitrogen and oxygen atoms in total. The van der Waals surface area contributed by atoms with Gasteiger partial charge in [-0.25, -0.2) is 4.98 Å². The van der Waals surface area contributed by atoms with Crippen molar-refractivity contribution in [3.8, 4) is 11.8 Å². The number of imidazole rings is 1. The first-order chi connectivity index (χ1) is 14.0. The fraction of sp³-hybridized carbons (Fsp3) is 0.304. The molecule has 0 fully saturated rings. The van der Waals surface area contributed by atoms with Gasteiger partial charge >= 0.3 is 0 Å². The van der Waals surface area contributed by atoms with Crippen LogP contribution in [0.4, 0.5) is 5.69 Å². The van der Waals surface area contributed by atoms with Gasteiger partial charge in [0.2, 0.25) is 0 Å². The zero-order valence-electron chi connectivity index (χ0n) is 17.0. The second-order valence-electron chi connectivity index (χ2n) is 7.10. The van der Waals surface area contributed by atoms with Crippen molar-refractivity contribution in [1.29, 1.82) is 5.26 Å². The normalized spacial score (nSPS) is 10.6. The van der Waals surface area contributed by atoms with Crippen LogP contribution in [-0.4, -0.2) is 23.2 Å². The number of nitriles is 1. The third kappa shape index (κ3) is 5.18. The number of aryl methyl sites for hydroxylation is 3. The molecule has 0 bridgehead atoms. The number of hydrogen-bond acceptors (Lipinski definition) is 4. The molecule has 1 heterocycles. The van der Waals surface area contributed by atoms with Gasteiger partial charge in [-0.3, -0.25) is 0 Å². The van der Waals surface area contributed by atoms with Gasteiger partial charge in [-0.05, 0) is 77.2 Å². The lowest BCUT2D eigenvalue weighted by atomic mass is 10.1. The highest BCUT2D eigenvalue weighted by Crippen LogP contribution is 2.26. The van der Waals surface area contributed by atoms with Crippen LogP contribution in [0.5, 0.6) is 5.75 Å². The quantitative estimate of drug-likeness (QED) is 0.481. The zero-order valence-corrected chi connectivity index (χ0v) is 18.6. The van der Waals surface area contributed by atoms with Crippen molar-refractivity contribution in [2.24, 2.45) is 7.05 Å². The Balaban J connectivity index is 1.75. The standard InChI is InChI=1S/C23H25BrN4O/c1-17-11-20(8-7-19(17)13-25)28(15-21-14-26-16-27(21)2)10-4-5-18-6-9-22(24)23(12-18)29-3/h6-9,11-12,14,16H,4-5,10,15H2,1-3H3. The summed E-state index contributed by atoms with van der Waals surface area (Å²) in [6.07, 6.45) is 5.69. The van der Waals surface area contributed by atoms with Crippen molar-refractivity contribution in [2.75, 3.05) is 18.6 Å². The molecular weight excluding hydrogens is 428 g/mol. The number of nitrogens with zero attached hydrogens (tertiary/aromatic N) is 4. The summed E-state index contributed by atoms with van der Waals surface area (Å²) < 4.78 is 8.42. The maximum absolute atomic E-state index is 9.23. The topological polar surface area (TPSA) is 54.1 Å². The predicted octanol–water partition coefficient (Wildman–Crippen LogP) is 5.01. The van der Waals surface area contributed by atoms with E-state index in [9.17, 15) is 5.26 Å². The number of halogens is 1. The van der Waals surface area contributed by atoms with Crippen LogP contribution in [0.15, 0.2) is 53.4 Å². The van der Waals surface area contributed by atoms with Crippen LogP contribution in [0, 0.1) is 18.3 Å². The first-order valence-electron chi connectivity index (χ1n) is 9.55. The Morgan fingerprint density at radius 1 is 1.24 bits per heavy atom. The molecule has 0 radical (unpaired) electrons. The Labute approximate surface area is 180 Å². The Bertz CT molecular complexity index is 1020. The van der Waals surface area contributed by atoms with E-state index in [1.165, 1.54) is 5.56 Å². The molecule has 0 saturated carbocycles. The minimum atomic E-state index is 0.719. The van der Waals surface area contributed by atoms with Gasteiger partial charge in [-0.15, -0.1) is 0 Å². The molecule has 0 spiro atoms. The van der Waals surface area contributed by atoms with Gasteiger partial charge in [0.25, 0.3) is 0 Å². The number of hydrogen-bond donors (Lipinski definition) is 0. The Morgan fingerprint density at radius 2 is 2.07 bits per heavy atom. The average Bonchev–Trinajstić information content (AvgIpc) is 3.12. The van der Waals surface area contributed by atoms with Crippen LogP contribution in [0.1, 0.15) is 28.8 Å². The molecule has 3 rings (SSSR count). The van der Waals surface area contributed by atoms with Gasteiger partial charge in [0.1, 0.15) is 5.75 Å². The molecule has 0 aliphatic carbocycles. The minimum absolute atomic E-state index is 0.719. The van der Waals surface area contributed by atoms with E-state index in [2.05, 4.69) is 50.1 Å². The van der Waals surface area contributed by atoms with E-state index in [1.54, 1.807) is 7.11 Å². The van der Waals surface area contributed by atoms with Crippen molar-refractivity contribution >= 4 is 21.6 Å². The maximum atomic E-state index is 9.23. The fourth-order valence-electron chi connectivity index (χ4n) is 3.34. The molecule has 0 aliphatic heterocycles. The molecule has 150 valence electrons. The van der Waals surface area contributed by atoms with Gasteiger partial charge in [0.05, 0.1) is 41.8 Å². The van der Waals surface area contributed by atoms with Gasteiger partial charge < -0.3 is 14.2 Å². The summed E-state index contributed by atoms with van der Waals surface area (Å²) in [5, 5.41) is 9.23. The van der Waals surface area contributed by atoms with Crippen LogP contribution < -0.4 is 9.64 Å². The molecule has 2 aromatic carbocycles. The molecule has 3 aromatic rings. The lowest BCUT2D eigenvalue weighted by Crippen LogP contribution is -2.25. The lowest BCUT2D eigenvalue weighted by Gasteiger charge is -2.25. The number of aromatic nitrogens is 2.